The standard InChI is InChI=1S/C13H22N2O4S/c1-10(15-6-7-20(14,16)17)8-11-4-5-12(18-2)13(9-11)19-3/h4-5,9-10,15H,6-8H2,1-3H3,(H2,14,16,17). The summed E-state index contributed by atoms with van der Waals surface area (Å²) in [5, 5.41) is 8.07. The Hall–Kier alpha value is -1.31. The third kappa shape index (κ3) is 5.77. The average Bonchev–Trinajstić information content (AvgIpc) is 2.37. The Kier molecular flexibility index (Phi) is 6.25. The van der Waals surface area contributed by atoms with Crippen LogP contribution in [0.15, 0.2) is 18.2 Å². The first-order chi connectivity index (χ1) is 9.35. The summed E-state index contributed by atoms with van der Waals surface area (Å²) in [6.45, 7) is 2.33. The Morgan fingerprint density at radius 1 is 1.25 bits per heavy atom. The molecule has 3 N–H and O–H groups in total. The number of ether oxygens (including phenoxy) is 2. The molecule has 0 heterocycles. The van der Waals surface area contributed by atoms with Crippen LogP contribution in [0.4, 0.5) is 0 Å². The maximum absolute atomic E-state index is 10.8. The summed E-state index contributed by atoms with van der Waals surface area (Å²) in [6, 6.07) is 5.86. The van der Waals surface area contributed by atoms with Gasteiger partial charge in [0, 0.05) is 12.6 Å². The number of rotatable bonds is 8. The second-order valence-corrected chi connectivity index (χ2v) is 6.35. The molecule has 6 nitrogen and oxygen atoms in total. The van der Waals surface area contributed by atoms with Gasteiger partial charge in [-0.2, -0.15) is 0 Å². The summed E-state index contributed by atoms with van der Waals surface area (Å²) >= 11 is 0. The van der Waals surface area contributed by atoms with Gasteiger partial charge >= 0.3 is 0 Å². The molecule has 0 aliphatic carbocycles. The third-order valence-electron chi connectivity index (χ3n) is 2.87. The fourth-order valence-electron chi connectivity index (χ4n) is 1.88. The fourth-order valence-corrected chi connectivity index (χ4v) is 2.28. The number of primary sulfonamides is 1. The molecule has 1 aromatic carbocycles. The van der Waals surface area contributed by atoms with Gasteiger partial charge < -0.3 is 14.8 Å². The van der Waals surface area contributed by atoms with E-state index in [1.165, 1.54) is 0 Å². The Morgan fingerprint density at radius 2 is 1.90 bits per heavy atom. The first kappa shape index (κ1) is 16.7. The van der Waals surface area contributed by atoms with Gasteiger partial charge in [-0.1, -0.05) is 6.07 Å². The fraction of sp³-hybridized carbons (Fsp3) is 0.538. The van der Waals surface area contributed by atoms with Gasteiger partial charge in [0.25, 0.3) is 0 Å². The zero-order valence-corrected chi connectivity index (χ0v) is 12.9. The van der Waals surface area contributed by atoms with E-state index in [9.17, 15) is 8.42 Å². The van der Waals surface area contributed by atoms with Crippen molar-refractivity contribution in [2.24, 2.45) is 5.14 Å². The monoisotopic (exact) mass is 302 g/mol. The third-order valence-corrected chi connectivity index (χ3v) is 3.64. The zero-order valence-electron chi connectivity index (χ0n) is 12.0. The Morgan fingerprint density at radius 3 is 2.45 bits per heavy atom. The molecule has 1 atom stereocenters. The lowest BCUT2D eigenvalue weighted by atomic mass is 10.1. The van der Waals surface area contributed by atoms with E-state index in [1.54, 1.807) is 14.2 Å². The lowest BCUT2D eigenvalue weighted by Gasteiger charge is -2.15. The highest BCUT2D eigenvalue weighted by Crippen LogP contribution is 2.27. The molecule has 7 heteroatoms. The second-order valence-electron chi connectivity index (χ2n) is 4.62. The Balaban J connectivity index is 2.55. The number of nitrogens with two attached hydrogens (primary N) is 1. The molecule has 0 amide bonds. The van der Waals surface area contributed by atoms with E-state index in [1.807, 2.05) is 25.1 Å². The molecule has 0 bridgehead atoms. The van der Waals surface area contributed by atoms with Crippen molar-refractivity contribution in [3.05, 3.63) is 23.8 Å². The van der Waals surface area contributed by atoms with Crippen molar-refractivity contribution >= 4 is 10.0 Å². The number of benzene rings is 1. The van der Waals surface area contributed by atoms with Gasteiger partial charge in [0.05, 0.1) is 20.0 Å². The number of methoxy groups -OCH3 is 2. The summed E-state index contributed by atoms with van der Waals surface area (Å²) in [5.41, 5.74) is 1.08. The first-order valence-corrected chi connectivity index (χ1v) is 8.02. The molecular formula is C13H22N2O4S. The van der Waals surface area contributed by atoms with Crippen molar-refractivity contribution in [3.63, 3.8) is 0 Å². The van der Waals surface area contributed by atoms with Crippen molar-refractivity contribution < 1.29 is 17.9 Å². The summed E-state index contributed by atoms with van der Waals surface area (Å²) in [6.07, 6.45) is 0.755. The number of hydrogen-bond donors (Lipinski definition) is 2. The molecule has 20 heavy (non-hydrogen) atoms. The highest BCUT2D eigenvalue weighted by atomic mass is 32.2. The zero-order chi connectivity index (χ0) is 15.2. The second kappa shape index (κ2) is 7.47. The highest BCUT2D eigenvalue weighted by molar-refractivity contribution is 7.89. The van der Waals surface area contributed by atoms with Crippen molar-refractivity contribution in [1.29, 1.82) is 0 Å². The largest absolute Gasteiger partial charge is 0.493 e. The summed E-state index contributed by atoms with van der Waals surface area (Å²) in [7, 11) is -0.226. The summed E-state index contributed by atoms with van der Waals surface area (Å²) < 4.78 is 32.1. The van der Waals surface area contributed by atoms with Crippen LogP contribution < -0.4 is 19.9 Å². The van der Waals surface area contributed by atoms with Crippen molar-refractivity contribution in [2.45, 2.75) is 19.4 Å². The van der Waals surface area contributed by atoms with E-state index >= 15 is 0 Å². The minimum absolute atomic E-state index is 0.0662. The van der Waals surface area contributed by atoms with Gasteiger partial charge in [0.2, 0.25) is 10.0 Å². The molecule has 0 radical (unpaired) electrons. The van der Waals surface area contributed by atoms with E-state index in [0.29, 0.717) is 18.0 Å². The van der Waals surface area contributed by atoms with Crippen LogP contribution in [0.2, 0.25) is 0 Å². The van der Waals surface area contributed by atoms with Crippen LogP contribution in [0, 0.1) is 0 Å². The van der Waals surface area contributed by atoms with Crippen LogP contribution in [0.1, 0.15) is 12.5 Å². The quantitative estimate of drug-likeness (QED) is 0.730. The molecule has 0 aromatic heterocycles. The maximum Gasteiger partial charge on any atom is 0.210 e. The minimum Gasteiger partial charge on any atom is -0.493 e. The Bertz CT molecular complexity index is 531. The van der Waals surface area contributed by atoms with Crippen molar-refractivity contribution in [2.75, 3.05) is 26.5 Å². The SMILES string of the molecule is COc1ccc(CC(C)NCCS(N)(=O)=O)cc1OC. The van der Waals surface area contributed by atoms with Gasteiger partial charge in [-0.25, -0.2) is 13.6 Å². The van der Waals surface area contributed by atoms with Gasteiger partial charge in [-0.15, -0.1) is 0 Å². The first-order valence-electron chi connectivity index (χ1n) is 6.30. The predicted molar refractivity (Wildman–Crippen MR) is 78.7 cm³/mol. The smallest absolute Gasteiger partial charge is 0.210 e. The van der Waals surface area contributed by atoms with Gasteiger partial charge in [-0.05, 0) is 31.0 Å². The van der Waals surface area contributed by atoms with Crippen LogP contribution in [0.25, 0.3) is 0 Å². The number of sulfonamides is 1. The maximum atomic E-state index is 10.8. The molecule has 0 saturated heterocycles. The van der Waals surface area contributed by atoms with Crippen LogP contribution in [-0.2, 0) is 16.4 Å². The van der Waals surface area contributed by atoms with E-state index < -0.39 is 10.0 Å². The molecule has 0 fully saturated rings. The van der Waals surface area contributed by atoms with Crippen molar-refractivity contribution in [1.82, 2.24) is 5.32 Å². The molecule has 1 unspecified atom stereocenters. The molecule has 1 aromatic rings. The van der Waals surface area contributed by atoms with E-state index in [4.69, 9.17) is 14.6 Å². The Labute approximate surface area is 120 Å². The average molecular weight is 302 g/mol. The topological polar surface area (TPSA) is 90.6 Å². The van der Waals surface area contributed by atoms with Gasteiger partial charge in [0.15, 0.2) is 11.5 Å². The number of hydrogen-bond acceptors (Lipinski definition) is 5. The summed E-state index contributed by atoms with van der Waals surface area (Å²) in [4.78, 5) is 0. The van der Waals surface area contributed by atoms with Crippen LogP contribution in [0.5, 0.6) is 11.5 Å². The molecule has 0 aliphatic heterocycles. The predicted octanol–water partition coefficient (Wildman–Crippen LogP) is 0.513. The van der Waals surface area contributed by atoms with E-state index in [2.05, 4.69) is 5.32 Å². The molecular weight excluding hydrogens is 280 g/mol. The molecule has 0 aliphatic rings. The summed E-state index contributed by atoms with van der Waals surface area (Å²) in [5.74, 6) is 1.30. The molecule has 0 saturated carbocycles. The minimum atomic E-state index is -3.41. The normalized spacial score (nSPS) is 13.0. The highest BCUT2D eigenvalue weighted by Gasteiger charge is 2.09. The molecule has 114 valence electrons. The van der Waals surface area contributed by atoms with Crippen LogP contribution in [0.3, 0.4) is 0 Å². The lowest BCUT2D eigenvalue weighted by Crippen LogP contribution is -2.34. The van der Waals surface area contributed by atoms with Crippen LogP contribution in [-0.4, -0.2) is 41.0 Å². The lowest BCUT2D eigenvalue weighted by molar-refractivity contribution is 0.354. The van der Waals surface area contributed by atoms with Gasteiger partial charge in [-0.3, -0.25) is 0 Å². The number of nitrogens with one attached hydrogen (secondary N) is 1. The molecule has 0 spiro atoms. The van der Waals surface area contributed by atoms with E-state index in [0.717, 1.165) is 12.0 Å². The van der Waals surface area contributed by atoms with E-state index in [-0.39, 0.29) is 11.8 Å². The van der Waals surface area contributed by atoms with Crippen LogP contribution >= 0.6 is 0 Å². The van der Waals surface area contributed by atoms with Crippen molar-refractivity contribution in [3.8, 4) is 11.5 Å². The van der Waals surface area contributed by atoms with Gasteiger partial charge in [0.1, 0.15) is 0 Å². The molecule has 1 rings (SSSR count).